The molecule has 150 valence electrons. The van der Waals surface area contributed by atoms with Gasteiger partial charge in [-0.15, -0.1) is 0 Å². The number of carbonyl (C=O) groups is 3. The van der Waals surface area contributed by atoms with E-state index in [4.69, 9.17) is 9.47 Å². The first kappa shape index (κ1) is 21.4. The second kappa shape index (κ2) is 9.34. The van der Waals surface area contributed by atoms with E-state index in [0.717, 1.165) is 18.4 Å². The second-order valence-corrected chi connectivity index (χ2v) is 8.39. The Bertz CT molecular complexity index is 643. The van der Waals surface area contributed by atoms with Crippen LogP contribution in [0.4, 0.5) is 0 Å². The summed E-state index contributed by atoms with van der Waals surface area (Å²) in [5, 5.41) is 0. The number of ketones is 1. The van der Waals surface area contributed by atoms with Crippen LogP contribution in [0.15, 0.2) is 23.3 Å². The molecule has 0 spiro atoms. The molecule has 1 unspecified atom stereocenters. The van der Waals surface area contributed by atoms with E-state index in [9.17, 15) is 14.4 Å². The van der Waals surface area contributed by atoms with E-state index in [-0.39, 0.29) is 42.0 Å². The minimum atomic E-state index is -0.474. The lowest BCUT2D eigenvalue weighted by Gasteiger charge is -2.33. The SMILES string of the molecule is CC(=O)O[C@H]1C/C(C)=C\CCC(C)CC(=O)CC2=C[C@@H](OC2=O)[C@@H]1C(C)C. The van der Waals surface area contributed by atoms with Gasteiger partial charge in [0, 0.05) is 37.7 Å². The Hall–Kier alpha value is -1.91. The van der Waals surface area contributed by atoms with Gasteiger partial charge in [-0.25, -0.2) is 4.79 Å². The summed E-state index contributed by atoms with van der Waals surface area (Å²) in [4.78, 5) is 36.4. The van der Waals surface area contributed by atoms with E-state index in [1.807, 2.05) is 20.8 Å². The minimum absolute atomic E-state index is 0.0711. The second-order valence-electron chi connectivity index (χ2n) is 8.39. The number of carbonyl (C=O) groups excluding carboxylic acids is 3. The van der Waals surface area contributed by atoms with Crippen molar-refractivity contribution in [1.82, 2.24) is 0 Å². The predicted octanol–water partition coefficient (Wildman–Crippen LogP) is 4.16. The van der Waals surface area contributed by atoms with E-state index in [1.54, 1.807) is 6.08 Å². The monoisotopic (exact) mass is 376 g/mol. The van der Waals surface area contributed by atoms with Crippen LogP contribution in [0.2, 0.25) is 0 Å². The van der Waals surface area contributed by atoms with Gasteiger partial charge in [-0.2, -0.15) is 0 Å². The highest BCUT2D eigenvalue weighted by Gasteiger charge is 2.40. The summed E-state index contributed by atoms with van der Waals surface area (Å²) in [5.41, 5.74) is 1.59. The summed E-state index contributed by atoms with van der Waals surface area (Å²) in [6.07, 6.45) is 6.12. The molecule has 0 aromatic carbocycles. The number of allylic oxidation sites excluding steroid dienone is 1. The Morgan fingerprint density at radius 3 is 2.59 bits per heavy atom. The first-order valence-corrected chi connectivity index (χ1v) is 9.93. The molecule has 0 aromatic heterocycles. The number of esters is 2. The van der Waals surface area contributed by atoms with Gasteiger partial charge >= 0.3 is 11.9 Å². The number of ether oxygens (including phenoxy) is 2. The first-order chi connectivity index (χ1) is 12.7. The Morgan fingerprint density at radius 1 is 1.26 bits per heavy atom. The molecule has 2 bridgehead atoms. The summed E-state index contributed by atoms with van der Waals surface area (Å²) >= 11 is 0. The standard InChI is InChI=1S/C22H32O5/c1-13(2)21-19(26-16(5)23)10-15(4)8-6-7-14(3)9-18(24)11-17-12-20(21)27-22(17)25/h8,12-14,19-21H,6-7,9-11H2,1-5H3/b15-8-/t14?,19-,20+,21+/m0/s1. The van der Waals surface area contributed by atoms with Crippen molar-refractivity contribution >= 4 is 17.7 Å². The lowest BCUT2D eigenvalue weighted by molar-refractivity contribution is -0.156. The van der Waals surface area contributed by atoms with Crippen LogP contribution >= 0.6 is 0 Å². The van der Waals surface area contributed by atoms with Gasteiger partial charge in [0.2, 0.25) is 0 Å². The number of Topliss-reactive ketones (excluding diaryl/α,β-unsaturated/α-hetero) is 1. The fourth-order valence-electron chi connectivity index (χ4n) is 4.10. The fraction of sp³-hybridized carbons (Fsp3) is 0.682. The molecule has 27 heavy (non-hydrogen) atoms. The molecule has 0 fully saturated rings. The summed E-state index contributed by atoms with van der Waals surface area (Å²) in [5.74, 6) is -0.435. The van der Waals surface area contributed by atoms with Crippen molar-refractivity contribution in [2.45, 2.75) is 78.9 Å². The molecule has 0 saturated carbocycles. The van der Waals surface area contributed by atoms with Crippen LogP contribution in [-0.4, -0.2) is 29.9 Å². The normalized spacial score (nSPS) is 32.2. The number of hydrogen-bond donors (Lipinski definition) is 0. The highest BCUT2D eigenvalue weighted by Crippen LogP contribution is 2.34. The van der Waals surface area contributed by atoms with Gasteiger partial charge in [-0.3, -0.25) is 9.59 Å². The zero-order valence-corrected chi connectivity index (χ0v) is 17.1. The molecule has 0 saturated heterocycles. The molecule has 5 heteroatoms. The fourth-order valence-corrected chi connectivity index (χ4v) is 4.10. The van der Waals surface area contributed by atoms with E-state index < -0.39 is 12.1 Å². The van der Waals surface area contributed by atoms with Gasteiger partial charge in [0.1, 0.15) is 18.0 Å². The molecule has 0 amide bonds. The molecular formula is C22H32O5. The van der Waals surface area contributed by atoms with Gasteiger partial charge in [0.05, 0.1) is 0 Å². The quantitative estimate of drug-likeness (QED) is 0.535. The van der Waals surface area contributed by atoms with Gasteiger partial charge in [-0.1, -0.05) is 32.4 Å². The molecule has 1 aliphatic heterocycles. The van der Waals surface area contributed by atoms with Crippen LogP contribution in [0, 0.1) is 17.8 Å². The summed E-state index contributed by atoms with van der Waals surface area (Å²) in [7, 11) is 0. The van der Waals surface area contributed by atoms with Crippen molar-refractivity contribution in [2.24, 2.45) is 17.8 Å². The van der Waals surface area contributed by atoms with Gasteiger partial charge in [0.15, 0.2) is 0 Å². The summed E-state index contributed by atoms with van der Waals surface area (Å²) in [6.45, 7) is 9.58. The molecule has 2 aliphatic rings. The van der Waals surface area contributed by atoms with Crippen molar-refractivity contribution < 1.29 is 23.9 Å². The lowest BCUT2D eigenvalue weighted by atomic mass is 9.82. The van der Waals surface area contributed by atoms with Crippen LogP contribution in [0.1, 0.15) is 66.7 Å². The van der Waals surface area contributed by atoms with Gasteiger partial charge < -0.3 is 9.47 Å². The topological polar surface area (TPSA) is 69.7 Å². The number of rotatable bonds is 2. The van der Waals surface area contributed by atoms with E-state index in [1.165, 1.54) is 6.92 Å². The van der Waals surface area contributed by atoms with Gasteiger partial charge in [-0.05, 0) is 37.7 Å². The summed E-state index contributed by atoms with van der Waals surface area (Å²) in [6, 6.07) is 0. The minimum Gasteiger partial charge on any atom is -0.462 e. The zero-order valence-electron chi connectivity index (χ0n) is 17.1. The van der Waals surface area contributed by atoms with Crippen LogP contribution in [0.3, 0.4) is 0 Å². The zero-order chi connectivity index (χ0) is 20.1. The Balaban J connectivity index is 2.38. The number of fused-ring (bicyclic) bond motifs is 1. The maximum Gasteiger partial charge on any atom is 0.334 e. The molecule has 0 N–H and O–H groups in total. The Kier molecular flexibility index (Phi) is 7.40. The smallest absolute Gasteiger partial charge is 0.334 e. The van der Waals surface area contributed by atoms with Crippen LogP contribution in [-0.2, 0) is 23.9 Å². The average Bonchev–Trinajstić information content (AvgIpc) is 2.85. The van der Waals surface area contributed by atoms with E-state index in [0.29, 0.717) is 18.4 Å². The highest BCUT2D eigenvalue weighted by atomic mass is 16.6. The molecule has 0 aromatic rings. The Morgan fingerprint density at radius 2 is 1.96 bits per heavy atom. The predicted molar refractivity (Wildman–Crippen MR) is 103 cm³/mol. The van der Waals surface area contributed by atoms with Crippen LogP contribution < -0.4 is 0 Å². The first-order valence-electron chi connectivity index (χ1n) is 9.93. The van der Waals surface area contributed by atoms with E-state index >= 15 is 0 Å². The molecular weight excluding hydrogens is 344 g/mol. The van der Waals surface area contributed by atoms with E-state index in [2.05, 4.69) is 13.0 Å². The lowest BCUT2D eigenvalue weighted by Crippen LogP contribution is -2.38. The summed E-state index contributed by atoms with van der Waals surface area (Å²) < 4.78 is 11.3. The molecule has 0 radical (unpaired) electrons. The van der Waals surface area contributed by atoms with Crippen molar-refractivity contribution in [3.63, 3.8) is 0 Å². The van der Waals surface area contributed by atoms with Crippen LogP contribution in [0.5, 0.6) is 0 Å². The molecule has 1 heterocycles. The molecule has 5 nitrogen and oxygen atoms in total. The molecule has 1 aliphatic carbocycles. The van der Waals surface area contributed by atoms with Crippen LogP contribution in [0.25, 0.3) is 0 Å². The maximum absolute atomic E-state index is 12.4. The maximum atomic E-state index is 12.4. The average molecular weight is 376 g/mol. The van der Waals surface area contributed by atoms with Crippen molar-refractivity contribution in [3.8, 4) is 0 Å². The third kappa shape index (κ3) is 6.05. The van der Waals surface area contributed by atoms with Crippen molar-refractivity contribution in [2.75, 3.05) is 0 Å². The molecule has 4 atom stereocenters. The Labute approximate surface area is 162 Å². The third-order valence-electron chi connectivity index (χ3n) is 5.41. The highest BCUT2D eigenvalue weighted by molar-refractivity contribution is 5.97. The van der Waals surface area contributed by atoms with Crippen molar-refractivity contribution in [3.05, 3.63) is 23.3 Å². The van der Waals surface area contributed by atoms with Gasteiger partial charge in [0.25, 0.3) is 0 Å². The largest absolute Gasteiger partial charge is 0.462 e. The third-order valence-corrected chi connectivity index (χ3v) is 5.41. The molecule has 2 rings (SSSR count). The van der Waals surface area contributed by atoms with Crippen molar-refractivity contribution in [1.29, 1.82) is 0 Å². The number of hydrogen-bond acceptors (Lipinski definition) is 5.